The highest BCUT2D eigenvalue weighted by Crippen LogP contribution is 2.12. The first-order valence-corrected chi connectivity index (χ1v) is 3.42. The average molecular weight is 143 g/mol. The second kappa shape index (κ2) is 5.15. The van der Waals surface area contributed by atoms with Gasteiger partial charge in [0.15, 0.2) is 0 Å². The Morgan fingerprint density at radius 3 is 2.10 bits per heavy atom. The van der Waals surface area contributed by atoms with Gasteiger partial charge in [0.2, 0.25) is 0 Å². The van der Waals surface area contributed by atoms with Gasteiger partial charge in [0.05, 0.1) is 0 Å². The summed E-state index contributed by atoms with van der Waals surface area (Å²) in [6, 6.07) is 0.847. The van der Waals surface area contributed by atoms with E-state index in [1.165, 1.54) is 19.4 Å². The fourth-order valence-electron chi connectivity index (χ4n) is 1.08. The van der Waals surface area contributed by atoms with Crippen LogP contribution in [0.3, 0.4) is 0 Å². The van der Waals surface area contributed by atoms with Gasteiger partial charge in [-0.05, 0) is 33.4 Å². The van der Waals surface area contributed by atoms with Gasteiger partial charge >= 0.3 is 6.15 Å². The van der Waals surface area contributed by atoms with Crippen LogP contribution in [0.1, 0.15) is 19.8 Å². The van der Waals surface area contributed by atoms with Gasteiger partial charge in [-0.2, -0.15) is 9.59 Å². The molecule has 3 heteroatoms. The summed E-state index contributed by atoms with van der Waals surface area (Å²) in [7, 11) is 2.19. The quantitative estimate of drug-likeness (QED) is 0.496. The monoisotopic (exact) mass is 143 g/mol. The zero-order valence-electron chi connectivity index (χ0n) is 6.46. The second-order valence-electron chi connectivity index (χ2n) is 2.56. The number of hydrogen-bond acceptors (Lipinski definition) is 3. The topological polar surface area (TPSA) is 37.4 Å². The Balaban J connectivity index is 0.000000236. The summed E-state index contributed by atoms with van der Waals surface area (Å²) in [5, 5.41) is 0. The molecule has 0 amide bonds. The molecular formula is C7H13NO2. The van der Waals surface area contributed by atoms with Gasteiger partial charge in [-0.1, -0.05) is 0 Å². The SMILES string of the molecule is C[C@@H]1CCCN1C.O=C=O. The molecule has 0 radical (unpaired) electrons. The summed E-state index contributed by atoms with van der Waals surface area (Å²) >= 11 is 0. The molecule has 0 spiro atoms. The van der Waals surface area contributed by atoms with Crippen LogP contribution in [0.5, 0.6) is 0 Å². The Bertz CT molecular complexity index is 111. The van der Waals surface area contributed by atoms with Crippen molar-refractivity contribution in [3.8, 4) is 0 Å². The molecule has 1 atom stereocenters. The van der Waals surface area contributed by atoms with E-state index in [9.17, 15) is 0 Å². The maximum atomic E-state index is 8.12. The summed E-state index contributed by atoms with van der Waals surface area (Å²) in [6.07, 6.45) is 3.05. The Labute approximate surface area is 61.0 Å². The van der Waals surface area contributed by atoms with Crippen LogP contribution in [-0.2, 0) is 9.59 Å². The highest BCUT2D eigenvalue weighted by molar-refractivity contribution is 5.20. The highest BCUT2D eigenvalue weighted by atomic mass is 16.2. The minimum absolute atomic E-state index is 0.250. The number of likely N-dealkylation sites (tertiary alicyclic amines) is 1. The molecule has 1 aliphatic rings. The largest absolute Gasteiger partial charge is 0.373 e. The Kier molecular flexibility index (Phi) is 4.81. The minimum atomic E-state index is 0.250. The summed E-state index contributed by atoms with van der Waals surface area (Å²) in [4.78, 5) is 18.7. The van der Waals surface area contributed by atoms with E-state index in [-0.39, 0.29) is 6.15 Å². The van der Waals surface area contributed by atoms with Crippen molar-refractivity contribution in [1.29, 1.82) is 0 Å². The lowest BCUT2D eigenvalue weighted by molar-refractivity contribution is -0.191. The highest BCUT2D eigenvalue weighted by Gasteiger charge is 2.14. The average Bonchev–Trinajstić information content (AvgIpc) is 2.19. The molecule has 0 aliphatic carbocycles. The molecule has 1 fully saturated rings. The minimum Gasteiger partial charge on any atom is -0.304 e. The molecule has 0 aromatic heterocycles. The molecule has 0 N–H and O–H groups in total. The molecule has 3 nitrogen and oxygen atoms in total. The van der Waals surface area contributed by atoms with Crippen molar-refractivity contribution in [1.82, 2.24) is 4.90 Å². The van der Waals surface area contributed by atoms with Gasteiger partial charge in [0.1, 0.15) is 0 Å². The van der Waals surface area contributed by atoms with Crippen molar-refractivity contribution in [3.05, 3.63) is 0 Å². The van der Waals surface area contributed by atoms with Crippen molar-refractivity contribution >= 4 is 6.15 Å². The predicted octanol–water partition coefficient (Wildman–Crippen LogP) is 0.517. The van der Waals surface area contributed by atoms with Crippen molar-refractivity contribution in [2.45, 2.75) is 25.8 Å². The maximum absolute atomic E-state index is 8.12. The van der Waals surface area contributed by atoms with Crippen molar-refractivity contribution < 1.29 is 9.59 Å². The second-order valence-corrected chi connectivity index (χ2v) is 2.56. The van der Waals surface area contributed by atoms with Crippen LogP contribution < -0.4 is 0 Å². The third kappa shape index (κ3) is 3.38. The van der Waals surface area contributed by atoms with Gasteiger partial charge in [0, 0.05) is 6.04 Å². The predicted molar refractivity (Wildman–Crippen MR) is 36.3 cm³/mol. The van der Waals surface area contributed by atoms with E-state index in [2.05, 4.69) is 18.9 Å². The molecule has 1 saturated heterocycles. The molecule has 0 saturated carbocycles. The first-order chi connectivity index (χ1) is 4.72. The number of nitrogens with zero attached hydrogens (tertiary/aromatic N) is 1. The molecule has 58 valence electrons. The third-order valence-corrected chi connectivity index (χ3v) is 1.89. The lowest BCUT2D eigenvalue weighted by Crippen LogP contribution is -2.20. The zero-order chi connectivity index (χ0) is 7.98. The lowest BCUT2D eigenvalue weighted by Gasteiger charge is -2.12. The Morgan fingerprint density at radius 2 is 2.00 bits per heavy atom. The van der Waals surface area contributed by atoms with E-state index in [0.717, 1.165) is 6.04 Å². The summed E-state index contributed by atoms with van der Waals surface area (Å²) < 4.78 is 0. The van der Waals surface area contributed by atoms with Crippen molar-refractivity contribution in [2.24, 2.45) is 0 Å². The van der Waals surface area contributed by atoms with Crippen LogP contribution in [0.15, 0.2) is 0 Å². The summed E-state index contributed by atoms with van der Waals surface area (Å²) in [5.74, 6) is 0. The summed E-state index contributed by atoms with van der Waals surface area (Å²) in [6.45, 7) is 3.59. The van der Waals surface area contributed by atoms with E-state index in [4.69, 9.17) is 9.59 Å². The van der Waals surface area contributed by atoms with Gasteiger partial charge in [-0.25, -0.2) is 0 Å². The first-order valence-electron chi connectivity index (χ1n) is 3.42. The fraction of sp³-hybridized carbons (Fsp3) is 0.857. The zero-order valence-corrected chi connectivity index (χ0v) is 6.46. The van der Waals surface area contributed by atoms with Crippen LogP contribution in [0, 0.1) is 0 Å². The Morgan fingerprint density at radius 1 is 1.50 bits per heavy atom. The molecule has 0 bridgehead atoms. The number of hydrogen-bond donors (Lipinski definition) is 0. The molecule has 10 heavy (non-hydrogen) atoms. The van der Waals surface area contributed by atoms with E-state index < -0.39 is 0 Å². The van der Waals surface area contributed by atoms with E-state index in [1.807, 2.05) is 0 Å². The van der Waals surface area contributed by atoms with Crippen molar-refractivity contribution in [3.63, 3.8) is 0 Å². The maximum Gasteiger partial charge on any atom is 0.373 e. The standard InChI is InChI=1S/C6H13N.CO2/c1-6-4-3-5-7(6)2;2-1-3/h6H,3-5H2,1-2H3;/t6-;/m1./s1. The van der Waals surface area contributed by atoms with Crippen LogP contribution in [0.2, 0.25) is 0 Å². The molecule has 0 unspecified atom stereocenters. The normalized spacial score (nSPS) is 24.8. The van der Waals surface area contributed by atoms with Crippen LogP contribution in [-0.4, -0.2) is 30.7 Å². The van der Waals surface area contributed by atoms with Gasteiger partial charge < -0.3 is 4.90 Å². The Hall–Kier alpha value is -0.660. The summed E-state index contributed by atoms with van der Waals surface area (Å²) in [5.41, 5.74) is 0. The van der Waals surface area contributed by atoms with E-state index >= 15 is 0 Å². The van der Waals surface area contributed by atoms with E-state index in [1.54, 1.807) is 0 Å². The molecule has 0 aromatic carbocycles. The van der Waals surface area contributed by atoms with Crippen molar-refractivity contribution in [2.75, 3.05) is 13.6 Å². The lowest BCUT2D eigenvalue weighted by atomic mass is 10.3. The van der Waals surface area contributed by atoms with Crippen LogP contribution >= 0.6 is 0 Å². The first kappa shape index (κ1) is 9.34. The molecule has 1 aliphatic heterocycles. The smallest absolute Gasteiger partial charge is 0.304 e. The number of rotatable bonds is 0. The molecule has 1 rings (SSSR count). The van der Waals surface area contributed by atoms with Gasteiger partial charge in [-0.15, -0.1) is 0 Å². The third-order valence-electron chi connectivity index (χ3n) is 1.89. The fourth-order valence-corrected chi connectivity index (χ4v) is 1.08. The molecule has 1 heterocycles. The number of carbonyl (C=O) groups excluding carboxylic acids is 2. The van der Waals surface area contributed by atoms with Crippen LogP contribution in [0.4, 0.5) is 0 Å². The molecular weight excluding hydrogens is 130 g/mol. The van der Waals surface area contributed by atoms with Gasteiger partial charge in [-0.3, -0.25) is 0 Å². The molecule has 0 aromatic rings. The van der Waals surface area contributed by atoms with Gasteiger partial charge in [0.25, 0.3) is 0 Å². The van der Waals surface area contributed by atoms with E-state index in [0.29, 0.717) is 0 Å². The van der Waals surface area contributed by atoms with Crippen LogP contribution in [0.25, 0.3) is 0 Å².